The Morgan fingerprint density at radius 1 is 1.12 bits per heavy atom. The highest BCUT2D eigenvalue weighted by atomic mass is 16.5. The molecule has 0 N–H and O–H groups in total. The summed E-state index contributed by atoms with van der Waals surface area (Å²) in [5.74, 6) is 0.460. The van der Waals surface area contributed by atoms with Crippen molar-refractivity contribution in [1.29, 1.82) is 0 Å². The molecule has 4 aliphatic carbocycles. The number of hydrogen-bond donors (Lipinski definition) is 0. The van der Waals surface area contributed by atoms with E-state index in [0.717, 1.165) is 6.42 Å². The molecule has 5 heteroatoms. The van der Waals surface area contributed by atoms with Crippen molar-refractivity contribution < 1.29 is 19.1 Å². The molecule has 1 aromatic rings. The first-order valence-electron chi connectivity index (χ1n) is 8.95. The predicted octanol–water partition coefficient (Wildman–Crippen LogP) is 2.42. The number of amides is 2. The molecule has 1 aliphatic heterocycles. The number of anilines is 1. The van der Waals surface area contributed by atoms with Gasteiger partial charge in [-0.25, -0.2) is 9.69 Å². The molecule has 5 aliphatic rings. The first-order valence-corrected chi connectivity index (χ1v) is 8.95. The summed E-state index contributed by atoms with van der Waals surface area (Å²) in [4.78, 5) is 39.4. The maximum atomic E-state index is 13.1. The Hall–Kier alpha value is -2.43. The number of rotatable bonds is 3. The van der Waals surface area contributed by atoms with E-state index in [-0.39, 0.29) is 42.1 Å². The van der Waals surface area contributed by atoms with Crippen molar-refractivity contribution >= 4 is 23.5 Å². The van der Waals surface area contributed by atoms with Crippen molar-refractivity contribution in [2.45, 2.75) is 13.3 Å². The van der Waals surface area contributed by atoms with E-state index < -0.39 is 5.97 Å². The zero-order valence-corrected chi connectivity index (χ0v) is 13.9. The molecule has 0 radical (unpaired) electrons. The fraction of sp³-hybridized carbons (Fsp3) is 0.450. The number of imide groups is 1. The Labute approximate surface area is 145 Å². The molecule has 0 aromatic heterocycles. The van der Waals surface area contributed by atoms with Crippen LogP contribution >= 0.6 is 0 Å². The van der Waals surface area contributed by atoms with E-state index >= 15 is 0 Å². The number of esters is 1. The van der Waals surface area contributed by atoms with Crippen molar-refractivity contribution in [2.24, 2.45) is 35.5 Å². The molecular weight excluding hydrogens is 318 g/mol. The number of nitrogens with zero attached hydrogens (tertiary/aromatic N) is 1. The van der Waals surface area contributed by atoms with Gasteiger partial charge in [-0.1, -0.05) is 18.2 Å². The van der Waals surface area contributed by atoms with Gasteiger partial charge >= 0.3 is 5.97 Å². The molecule has 0 unspecified atom stereocenters. The van der Waals surface area contributed by atoms with Crippen LogP contribution in [0.3, 0.4) is 0 Å². The molecule has 1 saturated heterocycles. The van der Waals surface area contributed by atoms with E-state index in [9.17, 15) is 14.4 Å². The largest absolute Gasteiger partial charge is 0.462 e. The molecule has 6 rings (SSSR count). The lowest BCUT2D eigenvalue weighted by Crippen LogP contribution is -2.40. The van der Waals surface area contributed by atoms with Gasteiger partial charge in [-0.2, -0.15) is 0 Å². The summed E-state index contributed by atoms with van der Waals surface area (Å²) in [5.41, 5.74) is 0.835. The standard InChI is InChI=1S/C20H19NO4/c1-2-25-20(24)10-4-3-5-11(8-10)21-18(22)16-12-6-7-13(15-9-14(12)15)17(16)19(21)23/h3-8,12-17H,2,9H2,1H3/t12-,13+,14-,15-,16+,17+/m1/s1. The quantitative estimate of drug-likeness (QED) is 0.483. The van der Waals surface area contributed by atoms with Crippen LogP contribution in [0.5, 0.6) is 0 Å². The Bertz CT molecular complexity index is 793. The molecule has 5 nitrogen and oxygen atoms in total. The highest BCUT2D eigenvalue weighted by molar-refractivity contribution is 6.22. The third kappa shape index (κ3) is 1.92. The zero-order chi connectivity index (χ0) is 17.3. The summed E-state index contributed by atoms with van der Waals surface area (Å²) in [7, 11) is 0. The monoisotopic (exact) mass is 337 g/mol. The second-order valence-corrected chi connectivity index (χ2v) is 7.44. The molecule has 2 amide bonds. The molecule has 2 saturated carbocycles. The van der Waals surface area contributed by atoms with Crippen LogP contribution < -0.4 is 4.90 Å². The van der Waals surface area contributed by atoms with Gasteiger partial charge in [0.15, 0.2) is 0 Å². The topological polar surface area (TPSA) is 63.7 Å². The van der Waals surface area contributed by atoms with Crippen molar-refractivity contribution in [3.8, 4) is 0 Å². The average molecular weight is 337 g/mol. The van der Waals surface area contributed by atoms with Crippen LogP contribution in [0.4, 0.5) is 5.69 Å². The highest BCUT2D eigenvalue weighted by Crippen LogP contribution is 2.65. The van der Waals surface area contributed by atoms with Gasteiger partial charge in [-0.3, -0.25) is 9.59 Å². The summed E-state index contributed by atoms with van der Waals surface area (Å²) < 4.78 is 5.02. The Balaban J connectivity index is 1.50. The maximum absolute atomic E-state index is 13.1. The van der Waals surface area contributed by atoms with E-state index in [0.29, 0.717) is 23.1 Å². The fourth-order valence-electron chi connectivity index (χ4n) is 5.20. The first-order chi connectivity index (χ1) is 12.1. The maximum Gasteiger partial charge on any atom is 0.338 e. The normalized spacial score (nSPS) is 37.1. The lowest BCUT2D eigenvalue weighted by atomic mass is 9.63. The van der Waals surface area contributed by atoms with Crippen molar-refractivity contribution in [2.75, 3.05) is 11.5 Å². The van der Waals surface area contributed by atoms with Gasteiger partial charge in [0.25, 0.3) is 0 Å². The van der Waals surface area contributed by atoms with Crippen LogP contribution in [-0.4, -0.2) is 24.4 Å². The van der Waals surface area contributed by atoms with E-state index in [1.807, 2.05) is 0 Å². The molecule has 128 valence electrons. The van der Waals surface area contributed by atoms with Crippen LogP contribution in [0, 0.1) is 35.5 Å². The van der Waals surface area contributed by atoms with E-state index in [2.05, 4.69) is 12.2 Å². The SMILES string of the molecule is CCOC(=O)c1cccc(N2C(=O)[C@H]3[C@@H]4C=C[C@@H]([C@H]5C[C@H]45)[C@@H]3C2=O)c1. The van der Waals surface area contributed by atoms with E-state index in [1.165, 1.54) is 4.90 Å². The molecule has 1 heterocycles. The minimum atomic E-state index is -0.441. The summed E-state index contributed by atoms with van der Waals surface area (Å²) in [5, 5.41) is 0. The van der Waals surface area contributed by atoms with Gasteiger partial charge in [-0.15, -0.1) is 0 Å². The number of carbonyl (C=O) groups is 3. The Morgan fingerprint density at radius 2 is 1.76 bits per heavy atom. The van der Waals surface area contributed by atoms with Gasteiger partial charge in [0, 0.05) is 0 Å². The van der Waals surface area contributed by atoms with Gasteiger partial charge in [0.05, 0.1) is 29.7 Å². The second-order valence-electron chi connectivity index (χ2n) is 7.44. The third-order valence-corrected chi connectivity index (χ3v) is 6.28. The summed E-state index contributed by atoms with van der Waals surface area (Å²) >= 11 is 0. The molecule has 0 spiro atoms. The van der Waals surface area contributed by atoms with Crippen LogP contribution in [-0.2, 0) is 14.3 Å². The van der Waals surface area contributed by atoms with Crippen molar-refractivity contribution in [3.05, 3.63) is 42.0 Å². The Kier molecular flexibility index (Phi) is 3.00. The predicted molar refractivity (Wildman–Crippen MR) is 89.6 cm³/mol. The number of allylic oxidation sites excluding steroid dienone is 2. The minimum absolute atomic E-state index is 0.110. The second kappa shape index (κ2) is 5.04. The smallest absolute Gasteiger partial charge is 0.338 e. The van der Waals surface area contributed by atoms with Crippen molar-refractivity contribution in [3.63, 3.8) is 0 Å². The van der Waals surface area contributed by atoms with Crippen LogP contribution in [0.1, 0.15) is 23.7 Å². The van der Waals surface area contributed by atoms with Gasteiger partial charge in [0.1, 0.15) is 0 Å². The summed E-state index contributed by atoms with van der Waals surface area (Å²) in [6.07, 6.45) is 5.46. The molecule has 3 fully saturated rings. The number of benzene rings is 1. The highest BCUT2D eigenvalue weighted by Gasteiger charge is 2.67. The van der Waals surface area contributed by atoms with Crippen LogP contribution in [0.15, 0.2) is 36.4 Å². The minimum Gasteiger partial charge on any atom is -0.462 e. The van der Waals surface area contributed by atoms with Gasteiger partial charge in [0.2, 0.25) is 11.8 Å². The zero-order valence-electron chi connectivity index (χ0n) is 13.9. The van der Waals surface area contributed by atoms with Gasteiger partial charge in [-0.05, 0) is 55.2 Å². The average Bonchev–Trinajstić information content (AvgIpc) is 3.39. The molecular formula is C20H19NO4. The van der Waals surface area contributed by atoms with Gasteiger partial charge < -0.3 is 4.74 Å². The van der Waals surface area contributed by atoms with Crippen LogP contribution in [0.25, 0.3) is 0 Å². The third-order valence-electron chi connectivity index (χ3n) is 6.28. The van der Waals surface area contributed by atoms with E-state index in [1.54, 1.807) is 31.2 Å². The summed E-state index contributed by atoms with van der Waals surface area (Å²) in [6, 6.07) is 6.63. The lowest BCUT2D eigenvalue weighted by Gasteiger charge is -2.37. The van der Waals surface area contributed by atoms with E-state index in [4.69, 9.17) is 4.74 Å². The Morgan fingerprint density at radius 3 is 2.36 bits per heavy atom. The molecule has 6 atom stereocenters. The molecule has 2 bridgehead atoms. The lowest BCUT2D eigenvalue weighted by molar-refractivity contribution is -0.124. The molecule has 1 aromatic carbocycles. The summed E-state index contributed by atoms with van der Waals surface area (Å²) in [6.45, 7) is 2.03. The first kappa shape index (κ1) is 14.9. The van der Waals surface area contributed by atoms with Crippen LogP contribution in [0.2, 0.25) is 0 Å². The number of hydrogen-bond acceptors (Lipinski definition) is 4. The number of ether oxygens (including phenoxy) is 1. The number of carbonyl (C=O) groups excluding carboxylic acids is 3. The molecule has 25 heavy (non-hydrogen) atoms. The fourth-order valence-corrected chi connectivity index (χ4v) is 5.20. The van der Waals surface area contributed by atoms with Crippen molar-refractivity contribution in [1.82, 2.24) is 0 Å².